The maximum Gasteiger partial charge on any atom is 0.416 e. The molecule has 0 saturated heterocycles. The van der Waals surface area contributed by atoms with Crippen molar-refractivity contribution in [3.05, 3.63) is 114 Å². The number of hydrogen-bond acceptors (Lipinski definition) is 3. The SMILES string of the molecule is O=C(Nc1ccc2c(c1)ncn2CCCc1ccccn1)c1cc(C(F)(F)F)ccc1-c1ccccc1. The number of anilines is 1. The first-order valence-electron chi connectivity index (χ1n) is 11.8. The monoisotopic (exact) mass is 500 g/mol. The molecule has 2 aromatic heterocycles. The summed E-state index contributed by atoms with van der Waals surface area (Å²) in [6, 6.07) is 23.2. The lowest BCUT2D eigenvalue weighted by Crippen LogP contribution is -2.15. The molecule has 0 aliphatic rings. The average Bonchev–Trinajstić information content (AvgIpc) is 3.31. The summed E-state index contributed by atoms with van der Waals surface area (Å²) in [6.45, 7) is 0.753. The summed E-state index contributed by atoms with van der Waals surface area (Å²) in [6.07, 6.45) is 0.690. The van der Waals surface area contributed by atoms with Crippen LogP contribution in [0.15, 0.2) is 97.5 Å². The van der Waals surface area contributed by atoms with Gasteiger partial charge in [-0.2, -0.15) is 13.2 Å². The van der Waals surface area contributed by atoms with Crippen molar-refractivity contribution in [2.75, 3.05) is 5.32 Å². The molecule has 1 amide bonds. The van der Waals surface area contributed by atoms with E-state index in [0.29, 0.717) is 22.3 Å². The molecule has 0 spiro atoms. The lowest BCUT2D eigenvalue weighted by atomic mass is 9.96. The summed E-state index contributed by atoms with van der Waals surface area (Å²) < 4.78 is 42.3. The van der Waals surface area contributed by atoms with Crippen molar-refractivity contribution in [1.29, 1.82) is 0 Å². The van der Waals surface area contributed by atoms with Gasteiger partial charge in [0.15, 0.2) is 0 Å². The Labute approximate surface area is 211 Å². The summed E-state index contributed by atoms with van der Waals surface area (Å²) >= 11 is 0. The molecule has 1 N–H and O–H groups in total. The van der Waals surface area contributed by atoms with E-state index in [1.54, 1.807) is 55.0 Å². The van der Waals surface area contributed by atoms with Crippen molar-refractivity contribution >= 4 is 22.6 Å². The molecule has 37 heavy (non-hydrogen) atoms. The number of nitrogens with zero attached hydrogens (tertiary/aromatic N) is 3. The highest BCUT2D eigenvalue weighted by Crippen LogP contribution is 2.34. The van der Waals surface area contributed by atoms with Gasteiger partial charge in [-0.05, 0) is 66.4 Å². The predicted molar refractivity (Wildman–Crippen MR) is 137 cm³/mol. The van der Waals surface area contributed by atoms with Gasteiger partial charge in [-0.15, -0.1) is 0 Å². The molecule has 0 radical (unpaired) electrons. The number of amides is 1. The molecule has 0 atom stereocenters. The molecule has 5 nitrogen and oxygen atoms in total. The van der Waals surface area contributed by atoms with Gasteiger partial charge >= 0.3 is 6.18 Å². The van der Waals surface area contributed by atoms with Crippen LogP contribution in [0, 0.1) is 0 Å². The van der Waals surface area contributed by atoms with Crippen molar-refractivity contribution < 1.29 is 18.0 Å². The maximum absolute atomic E-state index is 13.4. The predicted octanol–water partition coefficient (Wildman–Crippen LogP) is 7.00. The Bertz CT molecular complexity index is 1530. The molecule has 5 aromatic rings. The minimum absolute atomic E-state index is 0.0545. The smallest absolute Gasteiger partial charge is 0.331 e. The van der Waals surface area contributed by atoms with Crippen LogP contribution in [-0.2, 0) is 19.1 Å². The number of aryl methyl sites for hydroxylation is 2. The molecule has 2 heterocycles. The number of fused-ring (bicyclic) bond motifs is 1. The highest BCUT2D eigenvalue weighted by atomic mass is 19.4. The average molecular weight is 501 g/mol. The van der Waals surface area contributed by atoms with E-state index in [0.717, 1.165) is 42.7 Å². The zero-order chi connectivity index (χ0) is 25.8. The number of aromatic nitrogens is 3. The number of carbonyl (C=O) groups excluding carboxylic acids is 1. The van der Waals surface area contributed by atoms with E-state index < -0.39 is 17.6 Å². The van der Waals surface area contributed by atoms with Crippen LogP contribution < -0.4 is 5.32 Å². The van der Waals surface area contributed by atoms with Crippen LogP contribution in [0.2, 0.25) is 0 Å². The molecule has 0 aliphatic carbocycles. The molecule has 0 saturated carbocycles. The van der Waals surface area contributed by atoms with Crippen molar-refractivity contribution in [2.24, 2.45) is 0 Å². The number of imidazole rings is 1. The Morgan fingerprint density at radius 1 is 0.892 bits per heavy atom. The second-order valence-corrected chi connectivity index (χ2v) is 8.64. The number of hydrogen-bond donors (Lipinski definition) is 1. The minimum Gasteiger partial charge on any atom is -0.331 e. The van der Waals surface area contributed by atoms with Gasteiger partial charge in [0.2, 0.25) is 0 Å². The zero-order valence-electron chi connectivity index (χ0n) is 19.7. The molecule has 186 valence electrons. The van der Waals surface area contributed by atoms with Gasteiger partial charge in [-0.25, -0.2) is 4.98 Å². The number of pyridine rings is 1. The van der Waals surface area contributed by atoms with Gasteiger partial charge in [0.1, 0.15) is 0 Å². The summed E-state index contributed by atoms with van der Waals surface area (Å²) in [7, 11) is 0. The Hall–Kier alpha value is -4.46. The standard InChI is InChI=1S/C29H23F3N4O/c30-29(31,32)21-11-13-24(20-7-2-1-3-8-20)25(17-21)28(37)35-23-12-14-27-26(18-23)34-19-36(27)16-6-10-22-9-4-5-15-33-22/h1-5,7-9,11-15,17-19H,6,10,16H2,(H,35,37). The third-order valence-corrected chi connectivity index (χ3v) is 6.11. The number of nitrogens with one attached hydrogen (secondary N) is 1. The number of alkyl halides is 3. The van der Waals surface area contributed by atoms with E-state index in [-0.39, 0.29) is 5.56 Å². The van der Waals surface area contributed by atoms with E-state index in [1.165, 1.54) is 6.07 Å². The fraction of sp³-hybridized carbons (Fsp3) is 0.138. The van der Waals surface area contributed by atoms with E-state index in [4.69, 9.17) is 0 Å². The van der Waals surface area contributed by atoms with Crippen LogP contribution in [0.1, 0.15) is 28.0 Å². The normalized spacial score (nSPS) is 11.5. The fourth-order valence-electron chi connectivity index (χ4n) is 4.27. The first-order chi connectivity index (χ1) is 17.9. The van der Waals surface area contributed by atoms with E-state index in [9.17, 15) is 18.0 Å². The largest absolute Gasteiger partial charge is 0.416 e. The number of benzene rings is 3. The van der Waals surface area contributed by atoms with Crippen LogP contribution >= 0.6 is 0 Å². The first kappa shape index (κ1) is 24.2. The van der Waals surface area contributed by atoms with Gasteiger partial charge < -0.3 is 9.88 Å². The zero-order valence-corrected chi connectivity index (χ0v) is 19.7. The van der Waals surface area contributed by atoms with E-state index in [2.05, 4.69) is 15.3 Å². The third-order valence-electron chi connectivity index (χ3n) is 6.11. The Morgan fingerprint density at radius 3 is 2.46 bits per heavy atom. The molecule has 0 fully saturated rings. The lowest BCUT2D eigenvalue weighted by Gasteiger charge is -2.14. The molecular formula is C29H23F3N4O. The topological polar surface area (TPSA) is 59.8 Å². The Morgan fingerprint density at radius 2 is 1.70 bits per heavy atom. The lowest BCUT2D eigenvalue weighted by molar-refractivity contribution is -0.137. The molecule has 0 aliphatic heterocycles. The quantitative estimate of drug-likeness (QED) is 0.262. The molecule has 0 unspecified atom stereocenters. The van der Waals surface area contributed by atoms with E-state index >= 15 is 0 Å². The highest BCUT2D eigenvalue weighted by molar-refractivity contribution is 6.09. The van der Waals surface area contributed by atoms with Crippen LogP contribution in [0.3, 0.4) is 0 Å². The van der Waals surface area contributed by atoms with E-state index in [1.807, 2.05) is 28.8 Å². The van der Waals surface area contributed by atoms with Gasteiger partial charge in [0, 0.05) is 29.7 Å². The Balaban J connectivity index is 1.36. The molecule has 8 heteroatoms. The number of carbonyl (C=O) groups is 1. The van der Waals surface area contributed by atoms with Crippen LogP contribution in [0.4, 0.5) is 18.9 Å². The summed E-state index contributed by atoms with van der Waals surface area (Å²) in [5, 5.41) is 2.75. The van der Waals surface area contributed by atoms with Gasteiger partial charge in [-0.1, -0.05) is 42.5 Å². The van der Waals surface area contributed by atoms with Crippen molar-refractivity contribution in [3.63, 3.8) is 0 Å². The van der Waals surface area contributed by atoms with Gasteiger partial charge in [0.25, 0.3) is 5.91 Å². The molecular weight excluding hydrogens is 477 g/mol. The minimum atomic E-state index is -4.56. The van der Waals surface area contributed by atoms with Gasteiger partial charge in [0.05, 0.1) is 22.9 Å². The second kappa shape index (κ2) is 10.3. The maximum atomic E-state index is 13.4. The third kappa shape index (κ3) is 5.53. The molecule has 0 bridgehead atoms. The summed E-state index contributed by atoms with van der Waals surface area (Å²) in [5.41, 5.74) is 3.21. The van der Waals surface area contributed by atoms with Crippen LogP contribution in [0.25, 0.3) is 22.2 Å². The molecule has 3 aromatic carbocycles. The van der Waals surface area contributed by atoms with Crippen molar-refractivity contribution in [1.82, 2.24) is 14.5 Å². The fourth-order valence-corrected chi connectivity index (χ4v) is 4.27. The summed E-state index contributed by atoms with van der Waals surface area (Å²) in [4.78, 5) is 22.0. The number of halogens is 3. The van der Waals surface area contributed by atoms with Crippen molar-refractivity contribution in [2.45, 2.75) is 25.6 Å². The number of rotatable bonds is 7. The van der Waals surface area contributed by atoms with Crippen LogP contribution in [0.5, 0.6) is 0 Å². The highest BCUT2D eigenvalue weighted by Gasteiger charge is 2.32. The first-order valence-corrected chi connectivity index (χ1v) is 11.8. The molecule has 5 rings (SSSR count). The van der Waals surface area contributed by atoms with Crippen LogP contribution in [-0.4, -0.2) is 20.4 Å². The van der Waals surface area contributed by atoms with Crippen molar-refractivity contribution in [3.8, 4) is 11.1 Å². The Kier molecular flexibility index (Phi) is 6.72. The van der Waals surface area contributed by atoms with Gasteiger partial charge in [-0.3, -0.25) is 9.78 Å². The summed E-state index contributed by atoms with van der Waals surface area (Å²) in [5.74, 6) is -0.626. The second-order valence-electron chi connectivity index (χ2n) is 8.64.